The van der Waals surface area contributed by atoms with Gasteiger partial charge in [-0.05, 0) is 44.2 Å². The molecule has 1 N–H and O–H groups in total. The van der Waals surface area contributed by atoms with Crippen molar-refractivity contribution in [3.05, 3.63) is 51.5 Å². The number of nitrogens with zero attached hydrogens (tertiary/aromatic N) is 1. The predicted octanol–water partition coefficient (Wildman–Crippen LogP) is 4.79. The van der Waals surface area contributed by atoms with Gasteiger partial charge in [0.2, 0.25) is 5.91 Å². The number of amides is 2. The molecule has 5 nitrogen and oxygen atoms in total. The number of rotatable bonds is 3. The highest BCUT2D eigenvalue weighted by molar-refractivity contribution is 6.44. The van der Waals surface area contributed by atoms with Crippen LogP contribution in [0.4, 0.5) is 11.4 Å². The van der Waals surface area contributed by atoms with Gasteiger partial charge in [-0.15, -0.1) is 0 Å². The highest BCUT2D eigenvalue weighted by Gasteiger charge is 2.41. The van der Waals surface area contributed by atoms with Crippen molar-refractivity contribution in [2.75, 3.05) is 16.8 Å². The second kappa shape index (κ2) is 6.99. The maximum atomic E-state index is 12.8. The van der Waals surface area contributed by atoms with E-state index in [1.54, 1.807) is 50.2 Å². The van der Waals surface area contributed by atoms with Crippen molar-refractivity contribution < 1.29 is 14.3 Å². The molecule has 3 rings (SSSR count). The number of fused-ring (bicyclic) bond motifs is 1. The third kappa shape index (κ3) is 3.61. The van der Waals surface area contributed by atoms with Gasteiger partial charge in [0.05, 0.1) is 21.4 Å². The first-order valence-electron chi connectivity index (χ1n) is 7.73. The maximum absolute atomic E-state index is 12.8. The molecule has 8 heteroatoms. The second-order valence-corrected chi connectivity index (χ2v) is 7.49. The number of carbonyl (C=O) groups is 2. The van der Waals surface area contributed by atoms with Crippen LogP contribution < -0.4 is 15.0 Å². The highest BCUT2D eigenvalue weighted by atomic mass is 35.5. The van der Waals surface area contributed by atoms with E-state index in [0.29, 0.717) is 27.2 Å². The molecule has 136 valence electrons. The molecule has 2 aromatic carbocycles. The topological polar surface area (TPSA) is 58.6 Å². The quantitative estimate of drug-likeness (QED) is 0.787. The van der Waals surface area contributed by atoms with Gasteiger partial charge in [-0.2, -0.15) is 0 Å². The summed E-state index contributed by atoms with van der Waals surface area (Å²) in [5, 5.41) is 3.66. The number of nitrogens with one attached hydrogen (secondary N) is 1. The van der Waals surface area contributed by atoms with Crippen LogP contribution in [0.25, 0.3) is 0 Å². The first kappa shape index (κ1) is 18.8. The van der Waals surface area contributed by atoms with E-state index in [0.717, 1.165) is 0 Å². The molecule has 2 aromatic rings. The number of carbonyl (C=O) groups excluding carboxylic acids is 2. The van der Waals surface area contributed by atoms with E-state index in [1.807, 2.05) is 0 Å². The SMILES string of the molecule is CC1(C)Oc2ccc(Cl)cc2N(CC(=O)Nc2cccc(Cl)c2Cl)C1=O. The fraction of sp³-hybridized carbons (Fsp3) is 0.222. The summed E-state index contributed by atoms with van der Waals surface area (Å²) < 4.78 is 5.73. The third-order valence-electron chi connectivity index (χ3n) is 3.86. The van der Waals surface area contributed by atoms with Crippen LogP contribution in [0.2, 0.25) is 15.1 Å². The Labute approximate surface area is 165 Å². The van der Waals surface area contributed by atoms with E-state index in [4.69, 9.17) is 39.5 Å². The first-order chi connectivity index (χ1) is 12.2. The average Bonchev–Trinajstić information content (AvgIpc) is 2.57. The lowest BCUT2D eigenvalue weighted by molar-refractivity contribution is -0.133. The summed E-state index contributed by atoms with van der Waals surface area (Å²) in [6, 6.07) is 9.83. The van der Waals surface area contributed by atoms with Gasteiger partial charge < -0.3 is 10.1 Å². The van der Waals surface area contributed by atoms with Gasteiger partial charge >= 0.3 is 0 Å². The van der Waals surface area contributed by atoms with Crippen molar-refractivity contribution in [1.82, 2.24) is 0 Å². The number of halogens is 3. The van der Waals surface area contributed by atoms with E-state index in [2.05, 4.69) is 5.32 Å². The number of hydrogen-bond donors (Lipinski definition) is 1. The Balaban J connectivity index is 1.88. The molecule has 0 saturated heterocycles. The molecule has 1 heterocycles. The Kier molecular flexibility index (Phi) is 5.06. The van der Waals surface area contributed by atoms with E-state index >= 15 is 0 Å². The van der Waals surface area contributed by atoms with Crippen LogP contribution in [0.1, 0.15) is 13.8 Å². The van der Waals surface area contributed by atoms with Crippen molar-refractivity contribution in [2.45, 2.75) is 19.4 Å². The fourth-order valence-electron chi connectivity index (χ4n) is 2.63. The van der Waals surface area contributed by atoms with Gasteiger partial charge in [0.25, 0.3) is 5.91 Å². The summed E-state index contributed by atoms with van der Waals surface area (Å²) in [4.78, 5) is 26.6. The molecule has 26 heavy (non-hydrogen) atoms. The molecule has 0 aliphatic carbocycles. The molecule has 0 aromatic heterocycles. The standard InChI is InChI=1S/C18H15Cl3N2O3/c1-18(2)17(25)23(13-8-10(19)6-7-14(13)26-18)9-15(24)22-12-5-3-4-11(20)16(12)21/h3-8H,9H2,1-2H3,(H,22,24). The largest absolute Gasteiger partial charge is 0.476 e. The van der Waals surface area contributed by atoms with Crippen molar-refractivity contribution >= 4 is 58.0 Å². The second-order valence-electron chi connectivity index (χ2n) is 6.27. The third-order valence-corrected chi connectivity index (χ3v) is 4.92. The Morgan fingerprint density at radius 1 is 1.19 bits per heavy atom. The van der Waals surface area contributed by atoms with Gasteiger partial charge in [0, 0.05) is 5.02 Å². The minimum Gasteiger partial charge on any atom is -0.476 e. The normalized spacial score (nSPS) is 15.3. The molecular weight excluding hydrogens is 399 g/mol. The zero-order chi connectivity index (χ0) is 19.1. The van der Waals surface area contributed by atoms with Gasteiger partial charge in [0.15, 0.2) is 5.60 Å². The summed E-state index contributed by atoms with van der Waals surface area (Å²) in [5.74, 6) is -0.293. The molecular formula is C18H15Cl3N2O3. The minimum absolute atomic E-state index is 0.220. The van der Waals surface area contributed by atoms with Gasteiger partial charge in [-0.25, -0.2) is 0 Å². The molecule has 0 bridgehead atoms. The van der Waals surface area contributed by atoms with Crippen LogP contribution >= 0.6 is 34.8 Å². The van der Waals surface area contributed by atoms with Crippen molar-refractivity contribution in [3.8, 4) is 5.75 Å². The molecule has 0 radical (unpaired) electrons. The lowest BCUT2D eigenvalue weighted by Gasteiger charge is -2.38. The Morgan fingerprint density at radius 3 is 2.65 bits per heavy atom. The molecule has 0 fully saturated rings. The molecule has 0 atom stereocenters. The van der Waals surface area contributed by atoms with E-state index in [9.17, 15) is 9.59 Å². The zero-order valence-electron chi connectivity index (χ0n) is 14.0. The first-order valence-corrected chi connectivity index (χ1v) is 8.87. The minimum atomic E-state index is -1.10. The van der Waals surface area contributed by atoms with Crippen LogP contribution in [0.15, 0.2) is 36.4 Å². The lowest BCUT2D eigenvalue weighted by Crippen LogP contribution is -2.54. The zero-order valence-corrected chi connectivity index (χ0v) is 16.2. The Bertz CT molecular complexity index is 899. The maximum Gasteiger partial charge on any atom is 0.271 e. The average molecular weight is 414 g/mol. The van der Waals surface area contributed by atoms with Crippen LogP contribution in [0.3, 0.4) is 0 Å². The van der Waals surface area contributed by atoms with E-state index in [1.165, 1.54) is 4.90 Å². The van der Waals surface area contributed by atoms with Gasteiger partial charge in [-0.1, -0.05) is 40.9 Å². The van der Waals surface area contributed by atoms with Crippen LogP contribution in [0, 0.1) is 0 Å². The Hall–Kier alpha value is -1.95. The molecule has 0 unspecified atom stereocenters. The fourth-order valence-corrected chi connectivity index (χ4v) is 3.15. The summed E-state index contributed by atoms with van der Waals surface area (Å²) in [6.07, 6.45) is 0. The van der Waals surface area contributed by atoms with Crippen LogP contribution in [-0.4, -0.2) is 24.0 Å². The number of benzene rings is 2. The molecule has 2 amide bonds. The smallest absolute Gasteiger partial charge is 0.271 e. The lowest BCUT2D eigenvalue weighted by atomic mass is 10.0. The number of ether oxygens (including phenoxy) is 1. The van der Waals surface area contributed by atoms with Crippen molar-refractivity contribution in [1.29, 1.82) is 0 Å². The van der Waals surface area contributed by atoms with Crippen molar-refractivity contribution in [3.63, 3.8) is 0 Å². The summed E-state index contributed by atoms with van der Waals surface area (Å²) in [7, 11) is 0. The highest BCUT2D eigenvalue weighted by Crippen LogP contribution is 2.39. The van der Waals surface area contributed by atoms with Gasteiger partial charge in [-0.3, -0.25) is 14.5 Å². The molecule has 0 spiro atoms. The summed E-state index contributed by atoms with van der Waals surface area (Å²) in [6.45, 7) is 3.07. The molecule has 0 saturated carbocycles. The van der Waals surface area contributed by atoms with Crippen LogP contribution in [0.5, 0.6) is 5.75 Å². The molecule has 1 aliphatic rings. The van der Waals surface area contributed by atoms with Crippen LogP contribution in [-0.2, 0) is 9.59 Å². The van der Waals surface area contributed by atoms with E-state index < -0.39 is 11.5 Å². The Morgan fingerprint density at radius 2 is 1.92 bits per heavy atom. The monoisotopic (exact) mass is 412 g/mol. The molecule has 1 aliphatic heterocycles. The van der Waals surface area contributed by atoms with E-state index in [-0.39, 0.29) is 17.5 Å². The van der Waals surface area contributed by atoms with Crippen molar-refractivity contribution in [2.24, 2.45) is 0 Å². The predicted molar refractivity (Wildman–Crippen MR) is 104 cm³/mol. The van der Waals surface area contributed by atoms with Gasteiger partial charge in [0.1, 0.15) is 12.3 Å². The number of hydrogen-bond acceptors (Lipinski definition) is 3. The summed E-state index contributed by atoms with van der Waals surface area (Å²) in [5.41, 5.74) is -0.293. The number of anilines is 2. The summed E-state index contributed by atoms with van der Waals surface area (Å²) >= 11 is 18.1.